The minimum absolute atomic E-state index is 0.102. The van der Waals surface area contributed by atoms with Gasteiger partial charge in [-0.25, -0.2) is 17.5 Å². The van der Waals surface area contributed by atoms with Crippen molar-refractivity contribution in [2.24, 2.45) is 0 Å². The summed E-state index contributed by atoms with van der Waals surface area (Å²) in [5.74, 6) is 0.0973. The largest absolute Gasteiger partial charge is 0.490 e. The molecule has 0 bridgehead atoms. The van der Waals surface area contributed by atoms with E-state index in [1.54, 1.807) is 24.3 Å². The number of aryl methyl sites for hydroxylation is 1. The average molecular weight is 363 g/mol. The maximum absolute atomic E-state index is 12.0. The van der Waals surface area contributed by atoms with Gasteiger partial charge in [-0.05, 0) is 43.3 Å². The van der Waals surface area contributed by atoms with Gasteiger partial charge in [0.1, 0.15) is 19.0 Å². The van der Waals surface area contributed by atoms with Crippen LogP contribution in [-0.2, 0) is 14.8 Å². The summed E-state index contributed by atoms with van der Waals surface area (Å²) in [6.07, 6.45) is 0. The highest BCUT2D eigenvalue weighted by atomic mass is 32.2. The molecule has 2 aromatic carbocycles. The fourth-order valence-electron chi connectivity index (χ4n) is 1.99. The second-order valence-electron chi connectivity index (χ2n) is 5.61. The van der Waals surface area contributed by atoms with Gasteiger partial charge in [0.2, 0.25) is 10.0 Å². The third kappa shape index (κ3) is 5.04. The van der Waals surface area contributed by atoms with Crippen LogP contribution in [0.4, 0.5) is 0 Å². The molecule has 0 unspecified atom stereocenters. The van der Waals surface area contributed by atoms with Crippen molar-refractivity contribution < 1.29 is 22.7 Å². The summed E-state index contributed by atoms with van der Waals surface area (Å²) in [6, 6.07) is 13.2. The summed E-state index contributed by atoms with van der Waals surface area (Å²) in [5, 5.41) is 0. The standard InChI is InChI=1S/C18H21NO5S/c1-14-4-6-15(7-5-14)18(20)24-13-12-23-16-8-10-17(11-9-16)25(21,22)19(2)3/h4-11H,12-13H2,1-3H3. The first-order valence-electron chi connectivity index (χ1n) is 7.70. The molecular formula is C18H21NO5S. The molecule has 0 saturated carbocycles. The highest BCUT2D eigenvalue weighted by Gasteiger charge is 2.16. The van der Waals surface area contributed by atoms with Gasteiger partial charge in [0, 0.05) is 14.1 Å². The molecular weight excluding hydrogens is 342 g/mol. The Morgan fingerprint density at radius 2 is 1.56 bits per heavy atom. The molecule has 2 aromatic rings. The van der Waals surface area contributed by atoms with Crippen molar-refractivity contribution in [3.05, 3.63) is 59.7 Å². The summed E-state index contributed by atoms with van der Waals surface area (Å²) in [6.45, 7) is 2.22. The molecule has 0 saturated heterocycles. The van der Waals surface area contributed by atoms with Crippen LogP contribution in [0.5, 0.6) is 5.75 Å². The Kier molecular flexibility index (Phi) is 6.17. The van der Waals surface area contributed by atoms with Gasteiger partial charge in [-0.1, -0.05) is 17.7 Å². The Hall–Kier alpha value is -2.38. The molecule has 0 aliphatic rings. The number of rotatable bonds is 7. The molecule has 25 heavy (non-hydrogen) atoms. The van der Waals surface area contributed by atoms with Crippen molar-refractivity contribution in [1.82, 2.24) is 4.31 Å². The fraction of sp³-hybridized carbons (Fsp3) is 0.278. The summed E-state index contributed by atoms with van der Waals surface area (Å²) in [7, 11) is -0.507. The van der Waals surface area contributed by atoms with E-state index in [0.717, 1.165) is 9.87 Å². The number of benzene rings is 2. The molecule has 0 aliphatic heterocycles. The monoisotopic (exact) mass is 363 g/mol. The van der Waals surface area contributed by atoms with Gasteiger partial charge in [0.15, 0.2) is 0 Å². The van der Waals surface area contributed by atoms with Crippen LogP contribution in [0.1, 0.15) is 15.9 Å². The molecule has 0 N–H and O–H groups in total. The summed E-state index contributed by atoms with van der Waals surface area (Å²) in [4.78, 5) is 12.0. The van der Waals surface area contributed by atoms with Gasteiger partial charge >= 0.3 is 5.97 Å². The van der Waals surface area contributed by atoms with E-state index < -0.39 is 16.0 Å². The van der Waals surface area contributed by atoms with E-state index in [-0.39, 0.29) is 18.1 Å². The zero-order valence-electron chi connectivity index (χ0n) is 14.4. The van der Waals surface area contributed by atoms with Crippen molar-refractivity contribution in [2.45, 2.75) is 11.8 Å². The highest BCUT2D eigenvalue weighted by molar-refractivity contribution is 7.89. The zero-order valence-corrected chi connectivity index (χ0v) is 15.2. The molecule has 0 aromatic heterocycles. The van der Waals surface area contributed by atoms with Crippen LogP contribution in [0.15, 0.2) is 53.4 Å². The van der Waals surface area contributed by atoms with Crippen LogP contribution < -0.4 is 4.74 Å². The van der Waals surface area contributed by atoms with Crippen molar-refractivity contribution in [3.63, 3.8) is 0 Å². The molecule has 6 nitrogen and oxygen atoms in total. The third-order valence-corrected chi connectivity index (χ3v) is 5.30. The van der Waals surface area contributed by atoms with Crippen LogP contribution in [0.25, 0.3) is 0 Å². The molecule has 0 spiro atoms. The van der Waals surface area contributed by atoms with E-state index in [4.69, 9.17) is 9.47 Å². The van der Waals surface area contributed by atoms with Crippen molar-refractivity contribution in [1.29, 1.82) is 0 Å². The van der Waals surface area contributed by atoms with Crippen molar-refractivity contribution in [3.8, 4) is 5.75 Å². The average Bonchev–Trinajstić information content (AvgIpc) is 2.59. The smallest absolute Gasteiger partial charge is 0.338 e. The molecule has 7 heteroatoms. The van der Waals surface area contributed by atoms with E-state index in [0.29, 0.717) is 11.3 Å². The Bertz CT molecular complexity index is 812. The molecule has 0 aliphatic carbocycles. The summed E-state index contributed by atoms with van der Waals surface area (Å²) >= 11 is 0. The topological polar surface area (TPSA) is 72.9 Å². The molecule has 134 valence electrons. The minimum atomic E-state index is -3.46. The summed E-state index contributed by atoms with van der Waals surface area (Å²) in [5.41, 5.74) is 1.56. The van der Waals surface area contributed by atoms with Crippen molar-refractivity contribution in [2.75, 3.05) is 27.3 Å². The van der Waals surface area contributed by atoms with E-state index in [9.17, 15) is 13.2 Å². The van der Waals surface area contributed by atoms with Crippen LogP contribution in [0.3, 0.4) is 0 Å². The maximum atomic E-state index is 12.0. The Balaban J connectivity index is 1.82. The normalized spacial score (nSPS) is 11.4. The van der Waals surface area contributed by atoms with E-state index in [1.807, 2.05) is 19.1 Å². The highest BCUT2D eigenvalue weighted by Crippen LogP contribution is 2.18. The van der Waals surface area contributed by atoms with E-state index in [2.05, 4.69) is 0 Å². The number of nitrogens with zero attached hydrogens (tertiary/aromatic N) is 1. The minimum Gasteiger partial charge on any atom is -0.490 e. The Morgan fingerprint density at radius 3 is 2.12 bits per heavy atom. The SMILES string of the molecule is Cc1ccc(C(=O)OCCOc2ccc(S(=O)(=O)N(C)C)cc2)cc1. The van der Waals surface area contributed by atoms with Gasteiger partial charge in [0.05, 0.1) is 10.5 Å². The first kappa shape index (κ1) is 19.0. The zero-order chi connectivity index (χ0) is 18.4. The van der Waals surface area contributed by atoms with Gasteiger partial charge in [-0.2, -0.15) is 0 Å². The molecule has 2 rings (SSSR count). The lowest BCUT2D eigenvalue weighted by Crippen LogP contribution is -2.22. The molecule has 0 heterocycles. The lowest BCUT2D eigenvalue weighted by atomic mass is 10.1. The number of carbonyl (C=O) groups is 1. The predicted octanol–water partition coefficient (Wildman–Crippen LogP) is 2.48. The second-order valence-corrected chi connectivity index (χ2v) is 7.76. The van der Waals surface area contributed by atoms with Crippen LogP contribution >= 0.6 is 0 Å². The number of carbonyl (C=O) groups excluding carboxylic acids is 1. The molecule has 0 radical (unpaired) electrons. The quantitative estimate of drug-likeness (QED) is 0.558. The van der Waals surface area contributed by atoms with Crippen LogP contribution in [0, 0.1) is 6.92 Å². The Labute approximate surface area is 148 Å². The lowest BCUT2D eigenvalue weighted by molar-refractivity contribution is 0.0450. The number of sulfonamides is 1. The van der Waals surface area contributed by atoms with Gasteiger partial charge in [0.25, 0.3) is 0 Å². The number of ether oxygens (including phenoxy) is 2. The first-order valence-corrected chi connectivity index (χ1v) is 9.14. The van der Waals surface area contributed by atoms with Gasteiger partial charge in [-0.3, -0.25) is 0 Å². The van der Waals surface area contributed by atoms with E-state index in [1.165, 1.54) is 26.2 Å². The first-order chi connectivity index (χ1) is 11.8. The van der Waals surface area contributed by atoms with Gasteiger partial charge < -0.3 is 9.47 Å². The molecule has 0 atom stereocenters. The second kappa shape index (κ2) is 8.13. The maximum Gasteiger partial charge on any atom is 0.338 e. The third-order valence-electron chi connectivity index (χ3n) is 3.47. The number of esters is 1. The number of hydrogen-bond acceptors (Lipinski definition) is 5. The molecule has 0 amide bonds. The van der Waals surface area contributed by atoms with E-state index >= 15 is 0 Å². The molecule has 0 fully saturated rings. The van der Waals surface area contributed by atoms with Crippen LogP contribution in [-0.4, -0.2) is 46.0 Å². The lowest BCUT2D eigenvalue weighted by Gasteiger charge is -2.12. The predicted molar refractivity (Wildman–Crippen MR) is 94.3 cm³/mol. The Morgan fingerprint density at radius 1 is 0.960 bits per heavy atom. The fourth-order valence-corrected chi connectivity index (χ4v) is 2.89. The van der Waals surface area contributed by atoms with Crippen molar-refractivity contribution >= 4 is 16.0 Å². The van der Waals surface area contributed by atoms with Crippen LogP contribution in [0.2, 0.25) is 0 Å². The number of hydrogen-bond donors (Lipinski definition) is 0. The van der Waals surface area contributed by atoms with Gasteiger partial charge in [-0.15, -0.1) is 0 Å². The summed E-state index contributed by atoms with van der Waals surface area (Å²) < 4.78 is 35.7.